The van der Waals surface area contributed by atoms with Crippen LogP contribution in [0.25, 0.3) is 99.1 Å². The van der Waals surface area contributed by atoms with Crippen LogP contribution in [0.5, 0.6) is 0 Å². The van der Waals surface area contributed by atoms with E-state index >= 15 is 0 Å². The van der Waals surface area contributed by atoms with E-state index in [4.69, 9.17) is 0 Å². The fourth-order valence-corrected chi connectivity index (χ4v) is 12.2. The van der Waals surface area contributed by atoms with E-state index in [2.05, 4.69) is 303 Å². The average Bonchev–Trinajstić information content (AvgIpc) is 3.75. The number of hydrogen-bond donors (Lipinski definition) is 0. The number of rotatable bonds is 9. The first-order valence-electron chi connectivity index (χ1n) is 26.1. The summed E-state index contributed by atoms with van der Waals surface area (Å²) in [4.78, 5) is 2.44. The summed E-state index contributed by atoms with van der Waals surface area (Å²) in [5.41, 5.74) is 21.5. The van der Waals surface area contributed by atoms with Crippen molar-refractivity contribution in [1.82, 2.24) is 0 Å². The molecule has 1 aliphatic carbocycles. The predicted molar refractivity (Wildman–Crippen MR) is 318 cm³/mol. The van der Waals surface area contributed by atoms with Gasteiger partial charge in [-0.25, -0.2) is 0 Å². The Bertz CT molecular complexity index is 4270. The Hall–Kier alpha value is -9.56. The molecule has 0 amide bonds. The van der Waals surface area contributed by atoms with Crippen LogP contribution in [0.1, 0.15) is 23.6 Å². The van der Waals surface area contributed by atoms with Crippen LogP contribution in [-0.2, 0) is 5.41 Å². The third-order valence-electron chi connectivity index (χ3n) is 15.9. The number of benzene rings is 13. The highest BCUT2D eigenvalue weighted by Gasteiger charge is 2.41. The first-order valence-corrected chi connectivity index (χ1v) is 26.1. The minimum atomic E-state index is -0.289. The Kier molecular flexibility index (Phi) is 10.7. The van der Waals surface area contributed by atoms with E-state index in [1.165, 1.54) is 110 Å². The SMILES string of the molecule is CC1(c2ccccc2)c2ccccc2-c2cc(N(c3ccc(-c4ccc(-c5ccc6ccccc6c5)cc4)cc3)c3cccc(-c4ccc5c(c4)c(-c4ccccc4)c(-c4ccccc4)c4ccccc45)c3)ccc21. The summed E-state index contributed by atoms with van der Waals surface area (Å²) in [6, 6.07) is 107. The van der Waals surface area contributed by atoms with Gasteiger partial charge in [-0.15, -0.1) is 0 Å². The van der Waals surface area contributed by atoms with Crippen molar-refractivity contribution in [3.63, 3.8) is 0 Å². The molecule has 0 aliphatic heterocycles. The second kappa shape index (κ2) is 18.2. The molecule has 0 fully saturated rings. The van der Waals surface area contributed by atoms with Gasteiger partial charge in [-0.05, 0) is 171 Å². The minimum Gasteiger partial charge on any atom is -0.310 e. The Labute approximate surface area is 438 Å². The van der Waals surface area contributed by atoms with Crippen molar-refractivity contribution in [3.8, 4) is 66.8 Å². The highest BCUT2D eigenvalue weighted by Crippen LogP contribution is 2.54. The molecule has 0 N–H and O–H groups in total. The Morgan fingerprint density at radius 3 is 1.47 bits per heavy atom. The lowest BCUT2D eigenvalue weighted by molar-refractivity contribution is 0.714. The van der Waals surface area contributed by atoms with Crippen LogP contribution < -0.4 is 4.90 Å². The van der Waals surface area contributed by atoms with Gasteiger partial charge in [0.15, 0.2) is 0 Å². The third kappa shape index (κ3) is 7.55. The highest BCUT2D eigenvalue weighted by atomic mass is 15.1. The van der Waals surface area contributed by atoms with Crippen molar-refractivity contribution in [2.75, 3.05) is 4.90 Å². The number of hydrogen-bond acceptors (Lipinski definition) is 1. The summed E-state index contributed by atoms with van der Waals surface area (Å²) >= 11 is 0. The van der Waals surface area contributed by atoms with Crippen LogP contribution in [0.4, 0.5) is 17.1 Å². The van der Waals surface area contributed by atoms with Crippen molar-refractivity contribution in [2.24, 2.45) is 0 Å². The minimum absolute atomic E-state index is 0.289. The molecular formula is C74H51N. The van der Waals surface area contributed by atoms with E-state index in [1.54, 1.807) is 0 Å². The summed E-state index contributed by atoms with van der Waals surface area (Å²) in [7, 11) is 0. The van der Waals surface area contributed by atoms with Crippen LogP contribution in [0.3, 0.4) is 0 Å². The summed E-state index contributed by atoms with van der Waals surface area (Å²) in [5, 5.41) is 7.50. The maximum absolute atomic E-state index is 2.44. The molecule has 0 heterocycles. The maximum Gasteiger partial charge on any atom is 0.0468 e. The molecule has 0 aromatic heterocycles. The smallest absolute Gasteiger partial charge is 0.0468 e. The molecule has 1 nitrogen and oxygen atoms in total. The van der Waals surface area contributed by atoms with Gasteiger partial charge in [0, 0.05) is 22.5 Å². The van der Waals surface area contributed by atoms with E-state index in [1.807, 2.05) is 0 Å². The quantitative estimate of drug-likeness (QED) is 0.130. The van der Waals surface area contributed by atoms with Gasteiger partial charge in [0.1, 0.15) is 0 Å². The number of nitrogens with zero attached hydrogens (tertiary/aromatic N) is 1. The van der Waals surface area contributed by atoms with Crippen molar-refractivity contribution in [2.45, 2.75) is 12.3 Å². The van der Waals surface area contributed by atoms with Gasteiger partial charge in [-0.3, -0.25) is 0 Å². The lowest BCUT2D eigenvalue weighted by Gasteiger charge is -2.30. The molecule has 0 bridgehead atoms. The van der Waals surface area contributed by atoms with Gasteiger partial charge in [0.25, 0.3) is 0 Å². The van der Waals surface area contributed by atoms with Crippen LogP contribution in [0, 0.1) is 0 Å². The summed E-state index contributed by atoms with van der Waals surface area (Å²) in [5.74, 6) is 0. The van der Waals surface area contributed by atoms with Crippen molar-refractivity contribution in [3.05, 3.63) is 308 Å². The lowest BCUT2D eigenvalue weighted by atomic mass is 9.74. The Morgan fingerprint density at radius 1 is 0.253 bits per heavy atom. The van der Waals surface area contributed by atoms with Crippen LogP contribution in [-0.4, -0.2) is 0 Å². The fourth-order valence-electron chi connectivity index (χ4n) is 12.2. The first-order chi connectivity index (χ1) is 37.1. The Balaban J connectivity index is 0.909. The van der Waals surface area contributed by atoms with Gasteiger partial charge in [-0.1, -0.05) is 243 Å². The normalized spacial score (nSPS) is 13.7. The average molecular weight is 954 g/mol. The third-order valence-corrected chi connectivity index (χ3v) is 15.9. The number of anilines is 3. The number of fused-ring (bicyclic) bond motifs is 7. The first kappa shape index (κ1) is 44.2. The molecule has 13 aromatic rings. The summed E-state index contributed by atoms with van der Waals surface area (Å²) in [6.45, 7) is 2.39. The molecule has 13 aromatic carbocycles. The molecule has 1 heteroatoms. The van der Waals surface area contributed by atoms with Gasteiger partial charge < -0.3 is 4.90 Å². The second-order valence-electron chi connectivity index (χ2n) is 20.1. The lowest BCUT2D eigenvalue weighted by Crippen LogP contribution is -2.22. The van der Waals surface area contributed by atoms with E-state index in [0.717, 1.165) is 22.6 Å². The predicted octanol–water partition coefficient (Wildman–Crippen LogP) is 20.3. The zero-order valence-corrected chi connectivity index (χ0v) is 41.7. The van der Waals surface area contributed by atoms with E-state index < -0.39 is 0 Å². The van der Waals surface area contributed by atoms with Gasteiger partial charge in [0.2, 0.25) is 0 Å². The topological polar surface area (TPSA) is 3.24 Å². The molecular weight excluding hydrogens is 903 g/mol. The molecule has 0 saturated carbocycles. The molecule has 75 heavy (non-hydrogen) atoms. The monoisotopic (exact) mass is 953 g/mol. The van der Waals surface area contributed by atoms with E-state index in [-0.39, 0.29) is 5.41 Å². The van der Waals surface area contributed by atoms with E-state index in [9.17, 15) is 0 Å². The van der Waals surface area contributed by atoms with Gasteiger partial charge in [0.05, 0.1) is 0 Å². The zero-order valence-electron chi connectivity index (χ0n) is 41.7. The fraction of sp³-hybridized carbons (Fsp3) is 0.0270. The molecule has 0 spiro atoms. The maximum atomic E-state index is 2.44. The van der Waals surface area contributed by atoms with Crippen LogP contribution in [0.15, 0.2) is 291 Å². The Morgan fingerprint density at radius 2 is 0.733 bits per heavy atom. The highest BCUT2D eigenvalue weighted by molar-refractivity contribution is 6.22. The van der Waals surface area contributed by atoms with Crippen molar-refractivity contribution >= 4 is 49.4 Å². The molecule has 14 rings (SSSR count). The van der Waals surface area contributed by atoms with Crippen LogP contribution in [0.2, 0.25) is 0 Å². The molecule has 0 radical (unpaired) electrons. The molecule has 352 valence electrons. The van der Waals surface area contributed by atoms with Crippen molar-refractivity contribution in [1.29, 1.82) is 0 Å². The molecule has 1 unspecified atom stereocenters. The standard InChI is InChI=1S/C74H51N/c1-74(60-25-9-4-10-26-60)70-31-16-15-29-66(70)68-49-63(43-45-71(68)74)75(61-41-38-52(39-42-61)51-32-34-53(35-33-51)58-37-36-50-18-11-12-23-56(50)46-58)62-27-17-24-57(47-62)59-40-44-65-64-28-13-14-30-67(64)72(54-19-5-2-6-20-54)73(69(65)48-59)55-21-7-3-8-22-55/h2-49H,1H3. The zero-order chi connectivity index (χ0) is 49.9. The summed E-state index contributed by atoms with van der Waals surface area (Å²) in [6.07, 6.45) is 0. The van der Waals surface area contributed by atoms with Crippen molar-refractivity contribution < 1.29 is 0 Å². The van der Waals surface area contributed by atoms with Gasteiger partial charge in [-0.2, -0.15) is 0 Å². The summed E-state index contributed by atoms with van der Waals surface area (Å²) < 4.78 is 0. The van der Waals surface area contributed by atoms with E-state index in [0.29, 0.717) is 0 Å². The second-order valence-corrected chi connectivity index (χ2v) is 20.1. The van der Waals surface area contributed by atoms with Gasteiger partial charge >= 0.3 is 0 Å². The molecule has 1 aliphatic rings. The van der Waals surface area contributed by atoms with Crippen LogP contribution >= 0.6 is 0 Å². The largest absolute Gasteiger partial charge is 0.310 e. The molecule has 1 atom stereocenters. The molecule has 0 saturated heterocycles.